The van der Waals surface area contributed by atoms with Crippen LogP contribution in [-0.2, 0) is 33.3 Å². The number of aliphatic carboxylic acids is 1. The number of esters is 2. The van der Waals surface area contributed by atoms with E-state index in [2.05, 4.69) is 245 Å². The summed E-state index contributed by atoms with van der Waals surface area (Å²) in [4.78, 5) is 37.6. The molecule has 0 saturated heterocycles. The van der Waals surface area contributed by atoms with Crippen LogP contribution in [0.5, 0.6) is 0 Å². The van der Waals surface area contributed by atoms with E-state index < -0.39 is 30.3 Å². The smallest absolute Gasteiger partial charge is 0.361 e. The van der Waals surface area contributed by atoms with E-state index in [1.165, 1.54) is 12.8 Å². The highest BCUT2D eigenvalue weighted by Crippen LogP contribution is 2.13. The van der Waals surface area contributed by atoms with Crippen LogP contribution < -0.4 is 0 Å². The minimum atomic E-state index is -1.54. The number of rotatable bonds is 62. The van der Waals surface area contributed by atoms with Crippen molar-refractivity contribution in [3.05, 3.63) is 231 Å². The van der Waals surface area contributed by atoms with Crippen molar-refractivity contribution in [2.45, 2.75) is 232 Å². The maximum atomic E-state index is 12.9. The van der Waals surface area contributed by atoms with Crippen LogP contribution in [0.3, 0.4) is 0 Å². The quantitative estimate of drug-likeness (QED) is 0.0211. The van der Waals surface area contributed by atoms with Crippen molar-refractivity contribution < 1.29 is 42.9 Å². The predicted octanol–water partition coefficient (Wildman–Crippen LogP) is 22.7. The number of unbranched alkanes of at least 4 members (excludes halogenated alkanes) is 9. The molecule has 2 unspecified atom stereocenters. The fourth-order valence-corrected chi connectivity index (χ4v) is 8.56. The Morgan fingerprint density at radius 3 is 0.882 bits per heavy atom. The lowest BCUT2D eigenvalue weighted by Gasteiger charge is -2.25. The van der Waals surface area contributed by atoms with Gasteiger partial charge >= 0.3 is 17.9 Å². The van der Waals surface area contributed by atoms with Crippen LogP contribution in [0.25, 0.3) is 0 Å². The van der Waals surface area contributed by atoms with Gasteiger partial charge in [-0.3, -0.25) is 9.59 Å². The summed E-state index contributed by atoms with van der Waals surface area (Å²) >= 11 is 0. The number of carbonyl (C=O) groups excluding carboxylic acids is 2. The lowest BCUT2D eigenvalue weighted by atomic mass is 10.1. The summed E-state index contributed by atoms with van der Waals surface area (Å²) < 4.78 is 22.9. The molecule has 0 aromatic heterocycles. The van der Waals surface area contributed by atoms with Crippen LogP contribution in [-0.4, -0.2) is 87.4 Å². The third kappa shape index (κ3) is 72.6. The van der Waals surface area contributed by atoms with Crippen LogP contribution in [0.4, 0.5) is 0 Å². The van der Waals surface area contributed by atoms with E-state index in [4.69, 9.17) is 18.9 Å². The largest absolute Gasteiger partial charge is 0.477 e. The number of carboxylic acid groups (broad SMARTS) is 1. The minimum Gasteiger partial charge on any atom is -0.477 e. The average Bonchev–Trinajstić information content (AvgIpc) is 3.38. The third-order valence-corrected chi connectivity index (χ3v) is 13.9. The second-order valence-electron chi connectivity index (χ2n) is 23.7. The first-order chi connectivity index (χ1) is 45.6. The number of carboxylic acids is 1. The van der Waals surface area contributed by atoms with E-state index in [-0.39, 0.29) is 32.7 Å². The zero-order chi connectivity index (χ0) is 67.5. The number of carbonyl (C=O) groups is 3. The van der Waals surface area contributed by atoms with Crippen molar-refractivity contribution >= 4 is 17.9 Å². The minimum absolute atomic E-state index is 0.164. The molecule has 0 radical (unpaired) electrons. The second kappa shape index (κ2) is 71.2. The number of allylic oxidation sites excluding steroid dienone is 38. The summed E-state index contributed by atoms with van der Waals surface area (Å²) in [6.45, 7) is 4.54. The van der Waals surface area contributed by atoms with E-state index in [0.717, 1.165) is 167 Å². The molecule has 0 aromatic rings. The molecule has 2 atom stereocenters. The molecule has 9 heteroatoms. The van der Waals surface area contributed by atoms with Gasteiger partial charge in [-0.05, 0) is 161 Å². The Hall–Kier alpha value is -6.65. The summed E-state index contributed by atoms with van der Waals surface area (Å²) in [5, 5.41) is 9.75. The summed E-state index contributed by atoms with van der Waals surface area (Å²) in [6.07, 6.45) is 112. The van der Waals surface area contributed by atoms with E-state index in [1.54, 1.807) is 0 Å². The molecule has 0 aliphatic rings. The van der Waals surface area contributed by atoms with Gasteiger partial charge in [-0.15, -0.1) is 0 Å². The molecule has 0 fully saturated rings. The molecule has 0 spiro atoms. The van der Waals surface area contributed by atoms with Gasteiger partial charge in [0.05, 0.1) is 34.4 Å². The standard InChI is InChI=1S/C84H127NO8/c1-6-8-10-12-14-16-18-20-22-24-26-28-30-32-34-35-36-37-38-39-40-41-42-43-44-45-46-47-49-51-53-55-57-59-61-63-65-67-69-71-73-75-82(87)93-80(79-92-84(83(88)89)90-77-76-85(3,4)5)78-91-81(86)74-72-70-68-66-64-62-60-58-56-54-52-50-48-33-31-29-27-25-23-21-19-17-15-13-11-9-7-2/h8-11,14-17,20-23,26-29,32-34,36-37,39-40,42-43,45-46,48-49,51-52,54-55,57-58,60,64,66,80,84H,6-7,12-13,18-19,24-25,30-31,35,38,41,44,47,50,53,56,59,61-63,65,67-79H2,1-5H3/p+1/b10-8-,11-9-,16-14-,17-15-,22-20-,23-21-,28-26-,29-27-,34-32-,37-36-,40-39-,43-42-,46-45-,48-33-,51-49-,54-52-,57-55-,60-58-,66-64-. The lowest BCUT2D eigenvalue weighted by Crippen LogP contribution is -2.40. The molecule has 0 heterocycles. The third-order valence-electron chi connectivity index (χ3n) is 13.9. The Morgan fingerprint density at radius 1 is 0.323 bits per heavy atom. The van der Waals surface area contributed by atoms with E-state index in [1.807, 2.05) is 21.1 Å². The number of likely N-dealkylation sites (N-methyl/N-ethyl adjacent to an activating group) is 1. The molecule has 0 amide bonds. The van der Waals surface area contributed by atoms with E-state index in [0.29, 0.717) is 23.9 Å². The van der Waals surface area contributed by atoms with Crippen molar-refractivity contribution in [2.75, 3.05) is 47.5 Å². The number of ether oxygens (including phenoxy) is 4. The first kappa shape index (κ1) is 86.4. The summed E-state index contributed by atoms with van der Waals surface area (Å²) in [5.41, 5.74) is 0. The Bertz CT molecular complexity index is 2380. The van der Waals surface area contributed by atoms with Crippen molar-refractivity contribution in [1.29, 1.82) is 0 Å². The monoisotopic (exact) mass is 1280 g/mol. The number of hydrogen-bond acceptors (Lipinski definition) is 7. The number of hydrogen-bond donors (Lipinski definition) is 1. The molecule has 0 aromatic carbocycles. The van der Waals surface area contributed by atoms with Crippen molar-refractivity contribution in [3.63, 3.8) is 0 Å². The second-order valence-corrected chi connectivity index (χ2v) is 23.7. The first-order valence-electron chi connectivity index (χ1n) is 35.5. The molecule has 0 aliphatic carbocycles. The van der Waals surface area contributed by atoms with Gasteiger partial charge in [0.15, 0.2) is 6.10 Å². The van der Waals surface area contributed by atoms with Gasteiger partial charge in [-0.25, -0.2) is 4.79 Å². The fraction of sp³-hybridized carbons (Fsp3) is 0.512. The number of quaternary nitrogens is 1. The van der Waals surface area contributed by atoms with Crippen molar-refractivity contribution in [3.8, 4) is 0 Å². The molecular weight excluding hydrogens is 1150 g/mol. The Labute approximate surface area is 568 Å². The van der Waals surface area contributed by atoms with Crippen LogP contribution in [0.15, 0.2) is 231 Å². The van der Waals surface area contributed by atoms with Gasteiger partial charge in [0.25, 0.3) is 6.29 Å². The van der Waals surface area contributed by atoms with Gasteiger partial charge in [0, 0.05) is 12.8 Å². The topological polar surface area (TPSA) is 108 Å². The molecule has 0 saturated carbocycles. The molecule has 9 nitrogen and oxygen atoms in total. The molecule has 0 bridgehead atoms. The summed E-state index contributed by atoms with van der Waals surface area (Å²) in [5.74, 6) is -2.11. The lowest BCUT2D eigenvalue weighted by molar-refractivity contribution is -0.870. The Morgan fingerprint density at radius 2 is 0.581 bits per heavy atom. The molecular formula is C84H128NO8+. The van der Waals surface area contributed by atoms with Crippen LogP contribution in [0, 0.1) is 0 Å². The highest BCUT2D eigenvalue weighted by atomic mass is 16.7. The SMILES string of the molecule is CC/C=C\C/C=C\C/C=C\C/C=C\C/C=C\C/C=C\C/C=C\C/C=C\C/C=C\C/C=C\C/C=C\CCCCCCCCCC(=O)OC(COC(=O)CCCC/C=C\C/C=C\C/C=C\C/C=C\C/C=C\C/C=C\C/C=C\C/C=C\CC)COC(OCC[N+](C)(C)C)C(=O)O. The van der Waals surface area contributed by atoms with Crippen LogP contribution in [0.2, 0.25) is 0 Å². The van der Waals surface area contributed by atoms with Gasteiger partial charge < -0.3 is 28.5 Å². The zero-order valence-corrected chi connectivity index (χ0v) is 58.8. The van der Waals surface area contributed by atoms with E-state index >= 15 is 0 Å². The van der Waals surface area contributed by atoms with Gasteiger partial charge in [0.1, 0.15) is 13.2 Å². The number of nitrogens with zero attached hydrogens (tertiary/aromatic N) is 1. The molecule has 0 aliphatic heterocycles. The van der Waals surface area contributed by atoms with Crippen molar-refractivity contribution in [2.24, 2.45) is 0 Å². The maximum absolute atomic E-state index is 12.9. The van der Waals surface area contributed by atoms with Crippen molar-refractivity contribution in [1.82, 2.24) is 0 Å². The Balaban J connectivity index is 4.30. The first-order valence-corrected chi connectivity index (χ1v) is 35.5. The van der Waals surface area contributed by atoms with Crippen LogP contribution in [0.1, 0.15) is 219 Å². The molecule has 516 valence electrons. The molecule has 1 N–H and O–H groups in total. The fourth-order valence-electron chi connectivity index (χ4n) is 8.56. The van der Waals surface area contributed by atoms with Crippen LogP contribution >= 0.6 is 0 Å². The summed E-state index contributed by atoms with van der Waals surface area (Å²) in [7, 11) is 5.94. The highest BCUT2D eigenvalue weighted by Gasteiger charge is 2.25. The van der Waals surface area contributed by atoms with Gasteiger partial charge in [0.2, 0.25) is 0 Å². The van der Waals surface area contributed by atoms with Gasteiger partial charge in [-0.1, -0.05) is 277 Å². The normalized spacial score (nSPS) is 14.1. The maximum Gasteiger partial charge on any atom is 0.361 e. The Kier molecular flexibility index (Phi) is 66.1. The molecule has 93 heavy (non-hydrogen) atoms. The zero-order valence-electron chi connectivity index (χ0n) is 58.8. The van der Waals surface area contributed by atoms with Gasteiger partial charge in [-0.2, -0.15) is 0 Å². The van der Waals surface area contributed by atoms with E-state index in [9.17, 15) is 19.5 Å². The average molecular weight is 1280 g/mol. The molecule has 0 rings (SSSR count). The predicted molar refractivity (Wildman–Crippen MR) is 400 cm³/mol. The summed E-state index contributed by atoms with van der Waals surface area (Å²) in [6, 6.07) is 0. The highest BCUT2D eigenvalue weighted by molar-refractivity contribution is 5.71.